The van der Waals surface area contributed by atoms with Crippen molar-refractivity contribution in [3.05, 3.63) is 11.7 Å². The maximum Gasteiger partial charge on any atom is 0.228 e. The van der Waals surface area contributed by atoms with E-state index in [9.17, 15) is 0 Å². The lowest BCUT2D eigenvalue weighted by atomic mass is 10.1. The Morgan fingerprint density at radius 1 is 1.53 bits per heavy atom. The predicted octanol–water partition coefficient (Wildman–Crippen LogP) is 0.858. The van der Waals surface area contributed by atoms with E-state index in [1.165, 1.54) is 19.4 Å². The first-order valence-electron chi connectivity index (χ1n) is 6.46. The van der Waals surface area contributed by atoms with Crippen LogP contribution >= 0.6 is 0 Å². The van der Waals surface area contributed by atoms with Crippen LogP contribution in [0.3, 0.4) is 0 Å². The van der Waals surface area contributed by atoms with Crippen LogP contribution in [0.25, 0.3) is 0 Å². The molecule has 0 aromatic carbocycles. The standard InChI is InChI=1S/C12H22N4O/c1-13-7-3-6-11-14-12(17-15-11)9-10-5-4-8-16(10)2/h10,13H,3-9H2,1-2H3. The van der Waals surface area contributed by atoms with Gasteiger partial charge in [0.1, 0.15) is 0 Å². The second kappa shape index (κ2) is 6.12. The number of hydrogen-bond donors (Lipinski definition) is 1. The maximum absolute atomic E-state index is 5.30. The van der Waals surface area contributed by atoms with Crippen molar-refractivity contribution in [3.63, 3.8) is 0 Å². The van der Waals surface area contributed by atoms with Crippen molar-refractivity contribution in [2.24, 2.45) is 0 Å². The highest BCUT2D eigenvalue weighted by molar-refractivity contribution is 4.91. The number of rotatable bonds is 6. The smallest absolute Gasteiger partial charge is 0.228 e. The molecule has 0 radical (unpaired) electrons. The lowest BCUT2D eigenvalue weighted by Gasteiger charge is -2.16. The van der Waals surface area contributed by atoms with Crippen molar-refractivity contribution in [1.29, 1.82) is 0 Å². The van der Waals surface area contributed by atoms with Gasteiger partial charge in [-0.3, -0.25) is 0 Å². The monoisotopic (exact) mass is 238 g/mol. The van der Waals surface area contributed by atoms with Crippen LogP contribution in [0.4, 0.5) is 0 Å². The van der Waals surface area contributed by atoms with E-state index in [1.807, 2.05) is 7.05 Å². The van der Waals surface area contributed by atoms with Crippen LogP contribution in [-0.4, -0.2) is 48.3 Å². The molecular weight excluding hydrogens is 216 g/mol. The van der Waals surface area contributed by atoms with Crippen molar-refractivity contribution < 1.29 is 4.52 Å². The number of nitrogens with zero attached hydrogens (tertiary/aromatic N) is 3. The van der Waals surface area contributed by atoms with Gasteiger partial charge < -0.3 is 14.7 Å². The van der Waals surface area contributed by atoms with Crippen LogP contribution < -0.4 is 5.32 Å². The fourth-order valence-corrected chi connectivity index (χ4v) is 2.34. The molecule has 0 bridgehead atoms. The molecule has 0 spiro atoms. The van der Waals surface area contributed by atoms with Crippen LogP contribution in [0.2, 0.25) is 0 Å². The van der Waals surface area contributed by atoms with Gasteiger partial charge in [-0.15, -0.1) is 0 Å². The Bertz CT molecular complexity index is 339. The lowest BCUT2D eigenvalue weighted by molar-refractivity contribution is 0.278. The minimum absolute atomic E-state index is 0.584. The Morgan fingerprint density at radius 2 is 2.41 bits per heavy atom. The maximum atomic E-state index is 5.30. The van der Waals surface area contributed by atoms with Crippen molar-refractivity contribution in [3.8, 4) is 0 Å². The van der Waals surface area contributed by atoms with Gasteiger partial charge in [0, 0.05) is 18.9 Å². The van der Waals surface area contributed by atoms with E-state index in [2.05, 4.69) is 27.4 Å². The highest BCUT2D eigenvalue weighted by atomic mass is 16.5. The van der Waals surface area contributed by atoms with Gasteiger partial charge in [0.15, 0.2) is 5.82 Å². The summed E-state index contributed by atoms with van der Waals surface area (Å²) in [4.78, 5) is 6.83. The van der Waals surface area contributed by atoms with Gasteiger partial charge in [-0.1, -0.05) is 5.16 Å². The molecule has 1 aromatic rings. The molecule has 1 fully saturated rings. The van der Waals surface area contributed by atoms with E-state index in [1.54, 1.807) is 0 Å². The number of aryl methyl sites for hydroxylation is 1. The van der Waals surface area contributed by atoms with Gasteiger partial charge in [0.25, 0.3) is 0 Å². The van der Waals surface area contributed by atoms with Crippen LogP contribution in [0.1, 0.15) is 31.0 Å². The second-order valence-corrected chi connectivity index (χ2v) is 4.79. The molecule has 2 rings (SSSR count). The highest BCUT2D eigenvalue weighted by Crippen LogP contribution is 2.18. The summed E-state index contributed by atoms with van der Waals surface area (Å²) in [5, 5.41) is 7.14. The molecule has 1 atom stereocenters. The molecule has 0 saturated carbocycles. The van der Waals surface area contributed by atoms with Crippen LogP contribution in [0.15, 0.2) is 4.52 Å². The summed E-state index contributed by atoms with van der Waals surface area (Å²) < 4.78 is 5.30. The first-order chi connectivity index (χ1) is 8.29. The minimum atomic E-state index is 0.584. The molecular formula is C12H22N4O. The van der Waals surface area contributed by atoms with E-state index in [4.69, 9.17) is 4.52 Å². The number of aromatic nitrogens is 2. The van der Waals surface area contributed by atoms with Crippen molar-refractivity contribution >= 4 is 0 Å². The fraction of sp³-hybridized carbons (Fsp3) is 0.833. The molecule has 1 saturated heterocycles. The number of likely N-dealkylation sites (tertiary alicyclic amines) is 1. The third kappa shape index (κ3) is 3.51. The van der Waals surface area contributed by atoms with Crippen LogP contribution in [0, 0.1) is 0 Å². The molecule has 5 heteroatoms. The van der Waals surface area contributed by atoms with E-state index >= 15 is 0 Å². The van der Waals surface area contributed by atoms with Gasteiger partial charge in [0.2, 0.25) is 5.89 Å². The Kier molecular flexibility index (Phi) is 4.50. The Labute approximate surface area is 103 Å². The Morgan fingerprint density at radius 3 is 3.12 bits per heavy atom. The zero-order chi connectivity index (χ0) is 12.1. The molecule has 1 unspecified atom stereocenters. The van der Waals surface area contributed by atoms with Gasteiger partial charge in [0.05, 0.1) is 0 Å². The normalized spacial score (nSPS) is 21.2. The zero-order valence-electron chi connectivity index (χ0n) is 10.8. The molecule has 2 heterocycles. The average Bonchev–Trinajstić information content (AvgIpc) is 2.91. The predicted molar refractivity (Wildman–Crippen MR) is 65.9 cm³/mol. The van der Waals surface area contributed by atoms with Crippen molar-refractivity contribution in [1.82, 2.24) is 20.4 Å². The highest BCUT2D eigenvalue weighted by Gasteiger charge is 2.23. The number of likely N-dealkylation sites (N-methyl/N-ethyl adjacent to an activating group) is 1. The fourth-order valence-electron chi connectivity index (χ4n) is 2.34. The first kappa shape index (κ1) is 12.5. The third-order valence-electron chi connectivity index (χ3n) is 3.42. The Hall–Kier alpha value is -0.940. The molecule has 0 amide bonds. The van der Waals surface area contributed by atoms with E-state index in [-0.39, 0.29) is 0 Å². The lowest BCUT2D eigenvalue weighted by Crippen LogP contribution is -2.26. The Balaban J connectivity index is 1.81. The van der Waals surface area contributed by atoms with Crippen LogP contribution in [0.5, 0.6) is 0 Å². The van der Waals surface area contributed by atoms with Gasteiger partial charge in [-0.2, -0.15) is 4.98 Å². The van der Waals surface area contributed by atoms with Crippen LogP contribution in [-0.2, 0) is 12.8 Å². The molecule has 17 heavy (non-hydrogen) atoms. The average molecular weight is 238 g/mol. The number of nitrogens with one attached hydrogen (secondary N) is 1. The molecule has 96 valence electrons. The molecule has 1 aliphatic heterocycles. The minimum Gasteiger partial charge on any atom is -0.339 e. The summed E-state index contributed by atoms with van der Waals surface area (Å²) in [5.74, 6) is 1.64. The topological polar surface area (TPSA) is 54.2 Å². The summed E-state index contributed by atoms with van der Waals surface area (Å²) in [6.07, 6.45) is 5.37. The van der Waals surface area contributed by atoms with Gasteiger partial charge in [-0.05, 0) is 46.4 Å². The molecule has 0 aliphatic carbocycles. The van der Waals surface area contributed by atoms with E-state index in [0.29, 0.717) is 6.04 Å². The first-order valence-corrected chi connectivity index (χ1v) is 6.46. The van der Waals surface area contributed by atoms with Gasteiger partial charge >= 0.3 is 0 Å². The SMILES string of the molecule is CNCCCc1noc(CC2CCCN2C)n1. The molecule has 1 aliphatic rings. The molecule has 1 N–H and O–H groups in total. The largest absolute Gasteiger partial charge is 0.339 e. The summed E-state index contributed by atoms with van der Waals surface area (Å²) in [5.41, 5.74) is 0. The molecule has 5 nitrogen and oxygen atoms in total. The zero-order valence-corrected chi connectivity index (χ0v) is 10.8. The summed E-state index contributed by atoms with van der Waals surface area (Å²) in [7, 11) is 4.12. The van der Waals surface area contributed by atoms with E-state index in [0.717, 1.165) is 37.5 Å². The summed E-state index contributed by atoms with van der Waals surface area (Å²) in [6.45, 7) is 2.18. The van der Waals surface area contributed by atoms with E-state index < -0.39 is 0 Å². The van der Waals surface area contributed by atoms with Crippen molar-refractivity contribution in [2.45, 2.75) is 38.1 Å². The summed E-state index contributed by atoms with van der Waals surface area (Å²) in [6, 6.07) is 0.584. The summed E-state index contributed by atoms with van der Waals surface area (Å²) >= 11 is 0. The number of hydrogen-bond acceptors (Lipinski definition) is 5. The third-order valence-corrected chi connectivity index (χ3v) is 3.42. The molecule has 1 aromatic heterocycles. The van der Waals surface area contributed by atoms with Crippen molar-refractivity contribution in [2.75, 3.05) is 27.2 Å². The van der Waals surface area contributed by atoms with Gasteiger partial charge in [-0.25, -0.2) is 0 Å². The second-order valence-electron chi connectivity index (χ2n) is 4.79. The quantitative estimate of drug-likeness (QED) is 0.745.